The van der Waals surface area contributed by atoms with Crippen LogP contribution in [0.3, 0.4) is 0 Å². The van der Waals surface area contributed by atoms with E-state index in [1.54, 1.807) is 11.9 Å². The number of amides is 1. The molecule has 0 aliphatic carbocycles. The molecule has 0 atom stereocenters. The molecule has 21 heavy (non-hydrogen) atoms. The fourth-order valence-corrected chi connectivity index (χ4v) is 2.22. The van der Waals surface area contributed by atoms with Crippen molar-refractivity contribution in [3.8, 4) is 5.75 Å². The molecule has 1 aromatic rings. The molecule has 0 bridgehead atoms. The molecule has 1 rings (SSSR count). The van der Waals surface area contributed by atoms with Crippen LogP contribution < -0.4 is 4.74 Å². The van der Waals surface area contributed by atoms with E-state index in [0.717, 1.165) is 19.3 Å². The van der Waals surface area contributed by atoms with Crippen LogP contribution in [0.5, 0.6) is 5.75 Å². The van der Waals surface area contributed by atoms with Crippen molar-refractivity contribution in [3.63, 3.8) is 0 Å². The number of ether oxygens (including phenoxy) is 1. The molecule has 0 saturated carbocycles. The lowest BCUT2D eigenvalue weighted by atomic mass is 10.2. The molecule has 0 spiro atoms. The van der Waals surface area contributed by atoms with E-state index in [1.165, 1.54) is 12.1 Å². The maximum absolute atomic E-state index is 11.9. The standard InChI is InChI=1S/C14H18Cl3NO3/c1-18(5-3-2-4-6-19)14(20)9-21-13-8-11(16)10(15)7-12(13)17/h7-8,19H,2-6,9H2,1H3. The molecule has 0 aliphatic rings. The largest absolute Gasteiger partial charge is 0.482 e. The van der Waals surface area contributed by atoms with E-state index in [0.29, 0.717) is 27.4 Å². The Labute approximate surface area is 139 Å². The summed E-state index contributed by atoms with van der Waals surface area (Å²) < 4.78 is 5.38. The second-order valence-electron chi connectivity index (χ2n) is 4.58. The number of unbranched alkanes of at least 4 members (excludes halogenated alkanes) is 2. The van der Waals surface area contributed by atoms with Gasteiger partial charge in [-0.15, -0.1) is 0 Å². The van der Waals surface area contributed by atoms with E-state index in [1.807, 2.05) is 0 Å². The zero-order valence-corrected chi connectivity index (χ0v) is 14.0. The summed E-state index contributed by atoms with van der Waals surface area (Å²) in [4.78, 5) is 13.5. The summed E-state index contributed by atoms with van der Waals surface area (Å²) in [6.07, 6.45) is 2.47. The van der Waals surface area contributed by atoms with Gasteiger partial charge >= 0.3 is 0 Å². The molecule has 4 nitrogen and oxygen atoms in total. The van der Waals surface area contributed by atoms with Gasteiger partial charge in [-0.2, -0.15) is 0 Å². The van der Waals surface area contributed by atoms with Crippen molar-refractivity contribution in [2.24, 2.45) is 0 Å². The first-order chi connectivity index (χ1) is 9.95. The fraction of sp³-hybridized carbons (Fsp3) is 0.500. The summed E-state index contributed by atoms with van der Waals surface area (Å²) in [6.45, 7) is 0.683. The number of aliphatic hydroxyl groups excluding tert-OH is 1. The van der Waals surface area contributed by atoms with Crippen molar-refractivity contribution in [1.82, 2.24) is 4.90 Å². The fourth-order valence-electron chi connectivity index (χ4n) is 1.63. The van der Waals surface area contributed by atoms with Crippen LogP contribution in [0.4, 0.5) is 0 Å². The first-order valence-corrected chi connectivity index (χ1v) is 7.71. The highest BCUT2D eigenvalue weighted by molar-refractivity contribution is 6.43. The predicted molar refractivity (Wildman–Crippen MR) is 85.5 cm³/mol. The lowest BCUT2D eigenvalue weighted by Crippen LogP contribution is -2.32. The first kappa shape index (κ1) is 18.4. The van der Waals surface area contributed by atoms with Crippen LogP contribution >= 0.6 is 34.8 Å². The number of nitrogens with zero attached hydrogens (tertiary/aromatic N) is 1. The highest BCUT2D eigenvalue weighted by atomic mass is 35.5. The number of likely N-dealkylation sites (N-methyl/N-ethyl adjacent to an activating group) is 1. The number of hydrogen-bond acceptors (Lipinski definition) is 3. The average molecular weight is 355 g/mol. The third-order valence-electron chi connectivity index (χ3n) is 2.90. The van der Waals surface area contributed by atoms with E-state index in [4.69, 9.17) is 44.6 Å². The summed E-state index contributed by atoms with van der Waals surface area (Å²) in [6, 6.07) is 2.96. The van der Waals surface area contributed by atoms with Crippen LogP contribution in [-0.2, 0) is 4.79 Å². The van der Waals surface area contributed by atoms with Gasteiger partial charge in [0.25, 0.3) is 5.91 Å². The maximum atomic E-state index is 11.9. The molecule has 0 aromatic heterocycles. The van der Waals surface area contributed by atoms with Crippen molar-refractivity contribution in [2.75, 3.05) is 26.8 Å². The molecule has 1 amide bonds. The van der Waals surface area contributed by atoms with Gasteiger partial charge in [-0.3, -0.25) is 4.79 Å². The van der Waals surface area contributed by atoms with Gasteiger partial charge in [0.05, 0.1) is 15.1 Å². The highest BCUT2D eigenvalue weighted by Crippen LogP contribution is 2.33. The Morgan fingerprint density at radius 3 is 2.48 bits per heavy atom. The Kier molecular flexibility index (Phi) is 8.19. The minimum Gasteiger partial charge on any atom is -0.482 e. The summed E-state index contributed by atoms with van der Waals surface area (Å²) in [5.41, 5.74) is 0. The average Bonchev–Trinajstić information content (AvgIpc) is 2.45. The van der Waals surface area contributed by atoms with Crippen molar-refractivity contribution >= 4 is 40.7 Å². The van der Waals surface area contributed by atoms with Gasteiger partial charge in [0, 0.05) is 26.3 Å². The minimum absolute atomic E-state index is 0.117. The Bertz CT molecular complexity index is 483. The van der Waals surface area contributed by atoms with E-state index in [9.17, 15) is 4.79 Å². The van der Waals surface area contributed by atoms with Gasteiger partial charge in [-0.1, -0.05) is 34.8 Å². The Balaban J connectivity index is 2.43. The van der Waals surface area contributed by atoms with Crippen LogP contribution in [0.2, 0.25) is 15.1 Å². The molecule has 0 saturated heterocycles. The zero-order valence-electron chi connectivity index (χ0n) is 11.7. The Morgan fingerprint density at radius 1 is 1.14 bits per heavy atom. The lowest BCUT2D eigenvalue weighted by Gasteiger charge is -2.17. The number of aliphatic hydroxyl groups is 1. The molecular weight excluding hydrogens is 337 g/mol. The smallest absolute Gasteiger partial charge is 0.260 e. The van der Waals surface area contributed by atoms with Gasteiger partial charge in [-0.05, 0) is 25.3 Å². The van der Waals surface area contributed by atoms with Gasteiger partial charge < -0.3 is 14.7 Å². The molecule has 1 N–H and O–H groups in total. The molecule has 0 fully saturated rings. The quantitative estimate of drug-likeness (QED) is 0.573. The highest BCUT2D eigenvalue weighted by Gasteiger charge is 2.12. The normalized spacial score (nSPS) is 10.5. The SMILES string of the molecule is CN(CCCCCO)C(=O)COc1cc(Cl)c(Cl)cc1Cl. The predicted octanol–water partition coefficient (Wildman–Crippen LogP) is 3.65. The van der Waals surface area contributed by atoms with E-state index >= 15 is 0 Å². The van der Waals surface area contributed by atoms with Gasteiger partial charge in [0.2, 0.25) is 0 Å². The molecule has 0 radical (unpaired) electrons. The van der Waals surface area contributed by atoms with Crippen molar-refractivity contribution < 1.29 is 14.6 Å². The summed E-state index contributed by atoms with van der Waals surface area (Å²) in [5.74, 6) is 0.175. The van der Waals surface area contributed by atoms with Crippen molar-refractivity contribution in [2.45, 2.75) is 19.3 Å². The molecule has 0 unspecified atom stereocenters. The molecular formula is C14H18Cl3NO3. The third kappa shape index (κ3) is 6.30. The first-order valence-electron chi connectivity index (χ1n) is 6.58. The van der Waals surface area contributed by atoms with E-state index in [-0.39, 0.29) is 19.1 Å². The summed E-state index contributed by atoms with van der Waals surface area (Å²) in [5, 5.41) is 9.65. The van der Waals surface area contributed by atoms with Crippen LogP contribution in [0.15, 0.2) is 12.1 Å². The maximum Gasteiger partial charge on any atom is 0.260 e. The summed E-state index contributed by atoms with van der Waals surface area (Å²) >= 11 is 17.7. The molecule has 7 heteroatoms. The summed E-state index contributed by atoms with van der Waals surface area (Å²) in [7, 11) is 1.71. The van der Waals surface area contributed by atoms with Crippen molar-refractivity contribution in [1.29, 1.82) is 0 Å². The number of carbonyl (C=O) groups excluding carboxylic acids is 1. The molecule has 118 valence electrons. The second-order valence-corrected chi connectivity index (χ2v) is 5.81. The Hall–Kier alpha value is -0.680. The molecule has 1 aromatic carbocycles. The molecule has 0 heterocycles. The van der Waals surface area contributed by atoms with Crippen LogP contribution in [-0.4, -0.2) is 42.7 Å². The van der Waals surface area contributed by atoms with E-state index < -0.39 is 0 Å². The number of halogens is 3. The van der Waals surface area contributed by atoms with Gasteiger partial charge in [0.15, 0.2) is 6.61 Å². The third-order valence-corrected chi connectivity index (χ3v) is 3.92. The Morgan fingerprint density at radius 2 is 1.81 bits per heavy atom. The number of rotatable bonds is 8. The number of benzene rings is 1. The van der Waals surface area contributed by atoms with Gasteiger partial charge in [0.1, 0.15) is 5.75 Å². The monoisotopic (exact) mass is 353 g/mol. The van der Waals surface area contributed by atoms with Crippen LogP contribution in [0.1, 0.15) is 19.3 Å². The minimum atomic E-state index is -0.152. The van der Waals surface area contributed by atoms with Crippen LogP contribution in [0, 0.1) is 0 Å². The zero-order chi connectivity index (χ0) is 15.8. The second kappa shape index (κ2) is 9.36. The molecule has 0 aliphatic heterocycles. The van der Waals surface area contributed by atoms with Gasteiger partial charge in [-0.25, -0.2) is 0 Å². The lowest BCUT2D eigenvalue weighted by molar-refractivity contribution is -0.132. The topological polar surface area (TPSA) is 49.8 Å². The number of hydrogen-bond donors (Lipinski definition) is 1. The van der Waals surface area contributed by atoms with E-state index in [2.05, 4.69) is 0 Å². The van der Waals surface area contributed by atoms with Crippen LogP contribution in [0.25, 0.3) is 0 Å². The number of carbonyl (C=O) groups is 1. The van der Waals surface area contributed by atoms with Crippen molar-refractivity contribution in [3.05, 3.63) is 27.2 Å².